The van der Waals surface area contributed by atoms with Gasteiger partial charge in [0.2, 0.25) is 0 Å². The molecule has 74 valence electrons. The number of rotatable bonds is 2. The van der Waals surface area contributed by atoms with Crippen LogP contribution in [0.25, 0.3) is 0 Å². The van der Waals surface area contributed by atoms with E-state index in [4.69, 9.17) is 10.5 Å². The standard InChI is InChI=1S/C9H12FNO.ClH/c1-6(2)12-7-3-4-8(10)9(11)5-7;/h3-6H,11H2,1-2H3;1H. The molecule has 2 N–H and O–H groups in total. The van der Waals surface area contributed by atoms with Gasteiger partial charge in [-0.2, -0.15) is 0 Å². The molecule has 2 nitrogen and oxygen atoms in total. The topological polar surface area (TPSA) is 35.2 Å². The monoisotopic (exact) mass is 205 g/mol. The molecule has 0 heterocycles. The zero-order chi connectivity index (χ0) is 9.14. The molecule has 0 spiro atoms. The summed E-state index contributed by atoms with van der Waals surface area (Å²) in [6.07, 6.45) is 0.0786. The minimum absolute atomic E-state index is 0. The van der Waals surface area contributed by atoms with Gasteiger partial charge in [0.15, 0.2) is 0 Å². The van der Waals surface area contributed by atoms with E-state index in [1.807, 2.05) is 13.8 Å². The van der Waals surface area contributed by atoms with E-state index in [0.29, 0.717) is 5.75 Å². The van der Waals surface area contributed by atoms with Crippen LogP contribution in [0.4, 0.5) is 10.1 Å². The van der Waals surface area contributed by atoms with E-state index < -0.39 is 5.82 Å². The van der Waals surface area contributed by atoms with Crippen LogP contribution in [0.2, 0.25) is 0 Å². The minimum Gasteiger partial charge on any atom is -0.491 e. The van der Waals surface area contributed by atoms with Gasteiger partial charge < -0.3 is 10.5 Å². The lowest BCUT2D eigenvalue weighted by molar-refractivity contribution is 0.242. The van der Waals surface area contributed by atoms with E-state index in [2.05, 4.69) is 0 Å². The molecule has 0 aliphatic heterocycles. The van der Waals surface area contributed by atoms with Crippen molar-refractivity contribution < 1.29 is 9.13 Å². The normalized spacial score (nSPS) is 9.54. The van der Waals surface area contributed by atoms with Gasteiger partial charge in [0.05, 0.1) is 11.8 Å². The van der Waals surface area contributed by atoms with Gasteiger partial charge in [-0.15, -0.1) is 12.4 Å². The largest absolute Gasteiger partial charge is 0.491 e. The van der Waals surface area contributed by atoms with Crippen molar-refractivity contribution in [3.05, 3.63) is 24.0 Å². The SMILES string of the molecule is CC(C)Oc1ccc(F)c(N)c1.Cl. The summed E-state index contributed by atoms with van der Waals surface area (Å²) < 4.78 is 18.0. The first kappa shape index (κ1) is 12.0. The van der Waals surface area contributed by atoms with Crippen molar-refractivity contribution in [2.45, 2.75) is 20.0 Å². The van der Waals surface area contributed by atoms with Gasteiger partial charge in [0.25, 0.3) is 0 Å². The molecule has 0 fully saturated rings. The Morgan fingerprint density at radius 2 is 2.00 bits per heavy atom. The fraction of sp³-hybridized carbons (Fsp3) is 0.333. The highest BCUT2D eigenvalue weighted by atomic mass is 35.5. The van der Waals surface area contributed by atoms with Crippen LogP contribution in [0.15, 0.2) is 18.2 Å². The quantitative estimate of drug-likeness (QED) is 0.754. The smallest absolute Gasteiger partial charge is 0.146 e. The van der Waals surface area contributed by atoms with E-state index in [1.54, 1.807) is 6.07 Å². The highest BCUT2D eigenvalue weighted by molar-refractivity contribution is 5.85. The van der Waals surface area contributed by atoms with Gasteiger partial charge in [-0.1, -0.05) is 0 Å². The van der Waals surface area contributed by atoms with E-state index >= 15 is 0 Å². The van der Waals surface area contributed by atoms with Gasteiger partial charge in [-0.05, 0) is 26.0 Å². The Hall–Kier alpha value is -0.960. The molecule has 0 amide bonds. The van der Waals surface area contributed by atoms with Crippen molar-refractivity contribution in [2.24, 2.45) is 0 Å². The van der Waals surface area contributed by atoms with Crippen LogP contribution < -0.4 is 10.5 Å². The number of anilines is 1. The van der Waals surface area contributed by atoms with E-state index in [1.165, 1.54) is 12.1 Å². The molecule has 0 radical (unpaired) electrons. The highest BCUT2D eigenvalue weighted by Crippen LogP contribution is 2.19. The molecule has 4 heteroatoms. The second-order valence-corrected chi connectivity index (χ2v) is 2.85. The van der Waals surface area contributed by atoms with E-state index in [0.717, 1.165) is 0 Å². The average Bonchev–Trinajstić information content (AvgIpc) is 1.96. The van der Waals surface area contributed by atoms with Gasteiger partial charge in [0, 0.05) is 6.07 Å². The molecule has 1 aromatic carbocycles. The zero-order valence-corrected chi connectivity index (χ0v) is 8.40. The fourth-order valence-corrected chi connectivity index (χ4v) is 0.867. The first-order valence-electron chi connectivity index (χ1n) is 3.81. The molecule has 0 unspecified atom stereocenters. The summed E-state index contributed by atoms with van der Waals surface area (Å²) in [6.45, 7) is 3.80. The zero-order valence-electron chi connectivity index (χ0n) is 7.58. The van der Waals surface area contributed by atoms with Crippen molar-refractivity contribution in [3.63, 3.8) is 0 Å². The van der Waals surface area contributed by atoms with Crippen LogP contribution in [0, 0.1) is 5.82 Å². The molecule has 13 heavy (non-hydrogen) atoms. The molecule has 1 aromatic rings. The molecular weight excluding hydrogens is 193 g/mol. The predicted molar refractivity (Wildman–Crippen MR) is 53.8 cm³/mol. The lowest BCUT2D eigenvalue weighted by Gasteiger charge is -2.09. The molecule has 0 atom stereocenters. The number of nitrogens with two attached hydrogens (primary N) is 1. The van der Waals surface area contributed by atoms with Gasteiger partial charge in [-0.25, -0.2) is 4.39 Å². The molecule has 0 bridgehead atoms. The van der Waals surface area contributed by atoms with E-state index in [9.17, 15) is 4.39 Å². The summed E-state index contributed by atoms with van der Waals surface area (Å²) in [4.78, 5) is 0. The minimum atomic E-state index is -0.411. The maximum absolute atomic E-state index is 12.7. The van der Waals surface area contributed by atoms with Gasteiger partial charge in [0.1, 0.15) is 11.6 Å². The van der Waals surface area contributed by atoms with Crippen molar-refractivity contribution in [1.29, 1.82) is 0 Å². The molecule has 0 aromatic heterocycles. The Labute approximate surface area is 83.3 Å². The van der Waals surface area contributed by atoms with E-state index in [-0.39, 0.29) is 24.2 Å². The van der Waals surface area contributed by atoms with Crippen molar-refractivity contribution in [2.75, 3.05) is 5.73 Å². The van der Waals surface area contributed by atoms with Gasteiger partial charge >= 0.3 is 0 Å². The average molecular weight is 206 g/mol. The van der Waals surface area contributed by atoms with Crippen LogP contribution in [-0.2, 0) is 0 Å². The second-order valence-electron chi connectivity index (χ2n) is 2.85. The number of ether oxygens (including phenoxy) is 1. The number of nitrogen functional groups attached to an aromatic ring is 1. The summed E-state index contributed by atoms with van der Waals surface area (Å²) in [6, 6.07) is 4.34. The van der Waals surface area contributed by atoms with Crippen LogP contribution in [0.1, 0.15) is 13.8 Å². The molecule has 0 saturated heterocycles. The third kappa shape index (κ3) is 3.51. The van der Waals surface area contributed by atoms with Crippen LogP contribution in [0.3, 0.4) is 0 Å². The summed E-state index contributed by atoms with van der Waals surface area (Å²) in [5.74, 6) is 0.190. The number of benzene rings is 1. The Kier molecular flexibility index (Phi) is 4.56. The Morgan fingerprint density at radius 3 is 2.46 bits per heavy atom. The lowest BCUT2D eigenvalue weighted by Crippen LogP contribution is -2.05. The summed E-state index contributed by atoms with van der Waals surface area (Å²) >= 11 is 0. The van der Waals surface area contributed by atoms with Crippen LogP contribution in [-0.4, -0.2) is 6.10 Å². The number of halogens is 2. The van der Waals surface area contributed by atoms with Crippen molar-refractivity contribution in [1.82, 2.24) is 0 Å². The van der Waals surface area contributed by atoms with Crippen LogP contribution in [0.5, 0.6) is 5.75 Å². The molecule has 0 aliphatic carbocycles. The number of hydrogen-bond donors (Lipinski definition) is 1. The molecule has 0 aliphatic rings. The Balaban J connectivity index is 0.00000144. The molecular formula is C9H13ClFNO. The lowest BCUT2D eigenvalue weighted by atomic mass is 10.3. The highest BCUT2D eigenvalue weighted by Gasteiger charge is 2.01. The van der Waals surface area contributed by atoms with Crippen molar-refractivity contribution >= 4 is 18.1 Å². The third-order valence-electron chi connectivity index (χ3n) is 1.34. The Bertz CT molecular complexity index is 278. The first-order valence-corrected chi connectivity index (χ1v) is 3.81. The Morgan fingerprint density at radius 1 is 1.38 bits per heavy atom. The predicted octanol–water partition coefficient (Wildman–Crippen LogP) is 2.62. The summed E-state index contributed by atoms with van der Waals surface area (Å²) in [5.41, 5.74) is 5.46. The molecule has 0 saturated carbocycles. The van der Waals surface area contributed by atoms with Gasteiger partial charge in [-0.3, -0.25) is 0 Å². The van der Waals surface area contributed by atoms with Crippen molar-refractivity contribution in [3.8, 4) is 5.75 Å². The van der Waals surface area contributed by atoms with Crippen LogP contribution >= 0.6 is 12.4 Å². The fourth-order valence-electron chi connectivity index (χ4n) is 0.867. The maximum Gasteiger partial charge on any atom is 0.146 e. The maximum atomic E-state index is 12.7. The number of hydrogen-bond acceptors (Lipinski definition) is 2. The summed E-state index contributed by atoms with van der Waals surface area (Å²) in [7, 11) is 0. The second kappa shape index (κ2) is 4.92. The first-order chi connectivity index (χ1) is 5.59. The molecule has 1 rings (SSSR count). The third-order valence-corrected chi connectivity index (χ3v) is 1.34. The summed E-state index contributed by atoms with van der Waals surface area (Å²) in [5, 5.41) is 0.